The van der Waals surface area contributed by atoms with Crippen LogP contribution in [0.3, 0.4) is 0 Å². The van der Waals surface area contributed by atoms with Gasteiger partial charge in [-0.15, -0.1) is 0 Å². The number of esters is 1. The summed E-state index contributed by atoms with van der Waals surface area (Å²) in [5.74, 6) is -2.45. The first-order chi connectivity index (χ1) is 10.4. The predicted molar refractivity (Wildman–Crippen MR) is 81.7 cm³/mol. The van der Waals surface area contributed by atoms with Crippen LogP contribution < -0.4 is 4.74 Å². The van der Waals surface area contributed by atoms with Gasteiger partial charge in [-0.2, -0.15) is 0 Å². The van der Waals surface area contributed by atoms with Gasteiger partial charge in [-0.05, 0) is 38.8 Å². The molecule has 0 N–H and O–H groups in total. The van der Waals surface area contributed by atoms with E-state index in [0.29, 0.717) is 5.75 Å². The quantitative estimate of drug-likeness (QED) is 0.544. The SMILES string of the molecule is CCOC(=O)C(C(C)=O)C(Cc1ccccc1OC)C(C)=O. The molecule has 0 heterocycles. The number of methoxy groups -OCH3 is 1. The highest BCUT2D eigenvalue weighted by Gasteiger charge is 2.36. The Kier molecular flexibility index (Phi) is 6.76. The molecule has 0 amide bonds. The van der Waals surface area contributed by atoms with E-state index < -0.39 is 17.8 Å². The maximum Gasteiger partial charge on any atom is 0.317 e. The van der Waals surface area contributed by atoms with E-state index in [1.807, 2.05) is 18.2 Å². The maximum atomic E-state index is 12.0. The third kappa shape index (κ3) is 4.41. The Bertz CT molecular complexity index is 550. The van der Waals surface area contributed by atoms with Crippen molar-refractivity contribution in [2.75, 3.05) is 13.7 Å². The molecule has 0 aromatic heterocycles. The Balaban J connectivity index is 3.13. The van der Waals surface area contributed by atoms with Gasteiger partial charge in [0.15, 0.2) is 0 Å². The molecule has 0 aliphatic rings. The first kappa shape index (κ1) is 17.9. The van der Waals surface area contributed by atoms with E-state index in [1.54, 1.807) is 13.0 Å². The number of hydrogen-bond donors (Lipinski definition) is 0. The van der Waals surface area contributed by atoms with E-state index in [4.69, 9.17) is 9.47 Å². The molecule has 0 saturated heterocycles. The van der Waals surface area contributed by atoms with Crippen LogP contribution in [0.1, 0.15) is 26.3 Å². The van der Waals surface area contributed by atoms with Crippen molar-refractivity contribution in [3.05, 3.63) is 29.8 Å². The zero-order valence-electron chi connectivity index (χ0n) is 13.4. The van der Waals surface area contributed by atoms with Crippen molar-refractivity contribution < 1.29 is 23.9 Å². The Morgan fingerprint density at radius 3 is 2.23 bits per heavy atom. The van der Waals surface area contributed by atoms with E-state index in [0.717, 1.165) is 5.56 Å². The third-order valence-corrected chi connectivity index (χ3v) is 3.54. The van der Waals surface area contributed by atoms with Gasteiger partial charge >= 0.3 is 5.97 Å². The molecule has 0 aliphatic carbocycles. The number of carbonyl (C=O) groups is 3. The zero-order chi connectivity index (χ0) is 16.7. The summed E-state index contributed by atoms with van der Waals surface area (Å²) in [6.07, 6.45) is 0.252. The fourth-order valence-corrected chi connectivity index (χ4v) is 2.45. The van der Waals surface area contributed by atoms with Gasteiger partial charge in [0.1, 0.15) is 23.2 Å². The fraction of sp³-hybridized carbons (Fsp3) is 0.471. The van der Waals surface area contributed by atoms with Crippen LogP contribution in [0.5, 0.6) is 5.75 Å². The lowest BCUT2D eigenvalue weighted by molar-refractivity contribution is -0.155. The average Bonchev–Trinajstić information content (AvgIpc) is 2.46. The number of ether oxygens (including phenoxy) is 2. The summed E-state index contributed by atoms with van der Waals surface area (Å²) in [7, 11) is 1.54. The maximum absolute atomic E-state index is 12.0. The number of ketones is 2. The summed E-state index contributed by atoms with van der Waals surface area (Å²) < 4.78 is 10.2. The van der Waals surface area contributed by atoms with E-state index in [9.17, 15) is 14.4 Å². The van der Waals surface area contributed by atoms with Crippen molar-refractivity contribution in [3.8, 4) is 5.75 Å². The molecule has 5 nitrogen and oxygen atoms in total. The van der Waals surface area contributed by atoms with Gasteiger partial charge in [-0.3, -0.25) is 14.4 Å². The van der Waals surface area contributed by atoms with Crippen molar-refractivity contribution in [2.45, 2.75) is 27.2 Å². The standard InChI is InChI=1S/C17H22O5/c1-5-22-17(20)16(12(3)19)14(11(2)18)10-13-8-6-7-9-15(13)21-4/h6-9,14,16H,5,10H2,1-4H3. The van der Waals surface area contributed by atoms with E-state index in [-0.39, 0.29) is 24.6 Å². The second-order valence-electron chi connectivity index (χ2n) is 5.07. The average molecular weight is 306 g/mol. The highest BCUT2D eigenvalue weighted by molar-refractivity contribution is 6.02. The summed E-state index contributed by atoms with van der Waals surface area (Å²) in [4.78, 5) is 35.9. The topological polar surface area (TPSA) is 69.7 Å². The molecule has 2 unspecified atom stereocenters. The van der Waals surface area contributed by atoms with Gasteiger partial charge in [0.2, 0.25) is 0 Å². The molecule has 0 spiro atoms. The van der Waals surface area contributed by atoms with E-state index >= 15 is 0 Å². The number of rotatable bonds is 8. The van der Waals surface area contributed by atoms with Crippen LogP contribution in [0.25, 0.3) is 0 Å². The van der Waals surface area contributed by atoms with Crippen LogP contribution >= 0.6 is 0 Å². The van der Waals surface area contributed by atoms with Crippen LogP contribution in [0.2, 0.25) is 0 Å². The Labute approximate surface area is 130 Å². The van der Waals surface area contributed by atoms with E-state index in [2.05, 4.69) is 0 Å². The molecule has 2 atom stereocenters. The normalized spacial score (nSPS) is 13.1. The summed E-state index contributed by atoms with van der Waals surface area (Å²) >= 11 is 0. The van der Waals surface area contributed by atoms with E-state index in [1.165, 1.54) is 21.0 Å². The van der Waals surface area contributed by atoms with Crippen LogP contribution in [0.4, 0.5) is 0 Å². The van der Waals surface area contributed by atoms with Crippen molar-refractivity contribution in [3.63, 3.8) is 0 Å². The summed E-state index contributed by atoms with van der Waals surface area (Å²) in [6.45, 7) is 4.52. The summed E-state index contributed by atoms with van der Waals surface area (Å²) in [5, 5.41) is 0. The number of hydrogen-bond acceptors (Lipinski definition) is 5. The highest BCUT2D eigenvalue weighted by Crippen LogP contribution is 2.26. The zero-order valence-corrected chi connectivity index (χ0v) is 13.4. The molecule has 1 rings (SSSR count). The molecular formula is C17H22O5. The lowest BCUT2D eigenvalue weighted by Crippen LogP contribution is -2.36. The predicted octanol–water partition coefficient (Wildman–Crippen LogP) is 2.21. The molecule has 0 bridgehead atoms. The summed E-state index contributed by atoms with van der Waals surface area (Å²) in [5.41, 5.74) is 0.778. The highest BCUT2D eigenvalue weighted by atomic mass is 16.5. The number of benzene rings is 1. The van der Waals surface area contributed by atoms with Crippen molar-refractivity contribution in [1.29, 1.82) is 0 Å². The van der Waals surface area contributed by atoms with Gasteiger partial charge < -0.3 is 9.47 Å². The fourth-order valence-electron chi connectivity index (χ4n) is 2.45. The van der Waals surface area contributed by atoms with Crippen molar-refractivity contribution >= 4 is 17.5 Å². The molecule has 0 fully saturated rings. The Morgan fingerprint density at radius 2 is 1.73 bits per heavy atom. The molecular weight excluding hydrogens is 284 g/mol. The van der Waals surface area contributed by atoms with Gasteiger partial charge in [0, 0.05) is 5.92 Å². The molecule has 5 heteroatoms. The Morgan fingerprint density at radius 1 is 1.09 bits per heavy atom. The molecule has 1 aromatic carbocycles. The first-order valence-electron chi connectivity index (χ1n) is 7.21. The molecule has 1 aromatic rings. The second kappa shape index (κ2) is 8.32. The first-order valence-corrected chi connectivity index (χ1v) is 7.21. The van der Waals surface area contributed by atoms with Gasteiger partial charge in [0.25, 0.3) is 0 Å². The summed E-state index contributed by atoms with van der Waals surface area (Å²) in [6, 6.07) is 7.23. The molecule has 120 valence electrons. The molecule has 0 saturated carbocycles. The monoisotopic (exact) mass is 306 g/mol. The number of carbonyl (C=O) groups excluding carboxylic acids is 3. The molecule has 22 heavy (non-hydrogen) atoms. The van der Waals surface area contributed by atoms with Crippen LogP contribution in [-0.2, 0) is 25.5 Å². The molecule has 0 radical (unpaired) electrons. The van der Waals surface area contributed by atoms with Crippen LogP contribution in [0.15, 0.2) is 24.3 Å². The smallest absolute Gasteiger partial charge is 0.317 e. The number of para-hydroxylation sites is 1. The second-order valence-corrected chi connectivity index (χ2v) is 5.07. The molecule has 0 aliphatic heterocycles. The van der Waals surface area contributed by atoms with Crippen LogP contribution in [0, 0.1) is 11.8 Å². The lowest BCUT2D eigenvalue weighted by atomic mass is 9.81. The Hall–Kier alpha value is -2.17. The minimum absolute atomic E-state index is 0.169. The van der Waals surface area contributed by atoms with Gasteiger partial charge in [0.05, 0.1) is 13.7 Å². The number of Topliss-reactive ketones (excluding diaryl/α,β-unsaturated/α-hetero) is 2. The minimum Gasteiger partial charge on any atom is -0.496 e. The lowest BCUT2D eigenvalue weighted by Gasteiger charge is -2.22. The van der Waals surface area contributed by atoms with Crippen molar-refractivity contribution in [2.24, 2.45) is 11.8 Å². The van der Waals surface area contributed by atoms with Crippen LogP contribution in [-0.4, -0.2) is 31.3 Å². The van der Waals surface area contributed by atoms with Gasteiger partial charge in [-0.25, -0.2) is 0 Å². The van der Waals surface area contributed by atoms with Crippen molar-refractivity contribution in [1.82, 2.24) is 0 Å². The largest absolute Gasteiger partial charge is 0.496 e. The van der Waals surface area contributed by atoms with Gasteiger partial charge in [-0.1, -0.05) is 18.2 Å². The minimum atomic E-state index is -1.08. The third-order valence-electron chi connectivity index (χ3n) is 3.54.